The number of nitrogens with one attached hydrogen (secondary N) is 2. The quantitative estimate of drug-likeness (QED) is 0.748. The molecule has 0 fully saturated rings. The van der Waals surface area contributed by atoms with Crippen LogP contribution < -0.4 is 10.0 Å². The Labute approximate surface area is 168 Å². The van der Waals surface area contributed by atoms with E-state index >= 15 is 0 Å². The summed E-state index contributed by atoms with van der Waals surface area (Å²) in [7, 11) is -4.42. The van der Waals surface area contributed by atoms with Gasteiger partial charge in [0.05, 0.1) is 28.8 Å². The van der Waals surface area contributed by atoms with Crippen LogP contribution in [-0.4, -0.2) is 27.2 Å². The molecule has 2 aromatic carbocycles. The number of alkyl halides is 3. The lowest BCUT2D eigenvalue weighted by molar-refractivity contribution is -0.261. The fraction of sp³-hybridized carbons (Fsp3) is 0.176. The molecular weight excluding hydrogens is 435 g/mol. The minimum Gasteiger partial charge on any atom is -0.426 e. The second-order valence-corrected chi connectivity index (χ2v) is 8.19. The lowest BCUT2D eigenvalue weighted by atomic mass is 9.90. The van der Waals surface area contributed by atoms with Gasteiger partial charge in [0, 0.05) is 10.6 Å². The van der Waals surface area contributed by atoms with Crippen molar-refractivity contribution in [2.45, 2.75) is 16.7 Å². The first-order valence-corrected chi connectivity index (χ1v) is 9.71. The summed E-state index contributed by atoms with van der Waals surface area (Å²) in [5, 5.41) is 10.8. The van der Waals surface area contributed by atoms with Crippen LogP contribution in [0.5, 0.6) is 0 Å². The Morgan fingerprint density at radius 3 is 2.45 bits per heavy atom. The summed E-state index contributed by atoms with van der Waals surface area (Å²) in [5.41, 5.74) is -3.87. The van der Waals surface area contributed by atoms with Gasteiger partial charge in [-0.15, -0.1) is 0 Å². The van der Waals surface area contributed by atoms with Crippen molar-refractivity contribution in [3.8, 4) is 6.07 Å². The van der Waals surface area contributed by atoms with Gasteiger partial charge in [-0.25, -0.2) is 17.9 Å². The molecule has 0 saturated carbocycles. The summed E-state index contributed by atoms with van der Waals surface area (Å²) in [4.78, 5) is 11.4. The third-order valence-electron chi connectivity index (χ3n) is 4.18. The molecule has 0 spiro atoms. The molecule has 3 rings (SSSR count). The average molecular weight is 446 g/mol. The summed E-state index contributed by atoms with van der Waals surface area (Å²) in [5.74, 6) is 0. The molecule has 2 aromatic rings. The predicted octanol–water partition coefficient (Wildman–Crippen LogP) is 3.51. The summed E-state index contributed by atoms with van der Waals surface area (Å²) in [6.07, 6.45) is -6.56. The number of fused-ring (bicyclic) bond motifs is 1. The highest BCUT2D eigenvalue weighted by Gasteiger charge is 2.62. The van der Waals surface area contributed by atoms with Crippen molar-refractivity contribution in [2.75, 3.05) is 11.9 Å². The molecule has 1 heterocycles. The lowest BCUT2D eigenvalue weighted by Gasteiger charge is -2.39. The van der Waals surface area contributed by atoms with Gasteiger partial charge in [-0.3, -0.25) is 5.32 Å². The largest absolute Gasteiger partial charge is 0.434 e. The molecule has 7 nitrogen and oxygen atoms in total. The van der Waals surface area contributed by atoms with Gasteiger partial charge in [-0.1, -0.05) is 11.6 Å². The number of sulfonamides is 1. The van der Waals surface area contributed by atoms with E-state index in [4.69, 9.17) is 16.9 Å². The van der Waals surface area contributed by atoms with Crippen LogP contribution in [0.4, 0.5) is 23.7 Å². The Kier molecular flexibility index (Phi) is 5.20. The average Bonchev–Trinajstić information content (AvgIpc) is 2.65. The van der Waals surface area contributed by atoms with Gasteiger partial charge in [0.1, 0.15) is 0 Å². The van der Waals surface area contributed by atoms with Crippen molar-refractivity contribution in [3.05, 3.63) is 58.6 Å². The molecular formula is C17H11ClF3N3O4S. The minimum atomic E-state index is -5.17. The van der Waals surface area contributed by atoms with Crippen molar-refractivity contribution in [1.29, 1.82) is 5.26 Å². The van der Waals surface area contributed by atoms with Crippen molar-refractivity contribution in [2.24, 2.45) is 0 Å². The lowest BCUT2D eigenvalue weighted by Crippen LogP contribution is -2.56. The molecule has 0 aromatic heterocycles. The molecule has 0 saturated heterocycles. The third-order valence-corrected chi connectivity index (χ3v) is 5.84. The maximum absolute atomic E-state index is 14.0. The molecule has 12 heteroatoms. The maximum atomic E-state index is 14.0. The third kappa shape index (κ3) is 3.87. The highest BCUT2D eigenvalue weighted by molar-refractivity contribution is 7.89. The summed E-state index contributed by atoms with van der Waals surface area (Å²) in [6, 6.07) is 9.72. The van der Waals surface area contributed by atoms with Crippen molar-refractivity contribution < 1.29 is 31.1 Å². The number of anilines is 1. The van der Waals surface area contributed by atoms with Crippen molar-refractivity contribution >= 4 is 33.4 Å². The summed E-state index contributed by atoms with van der Waals surface area (Å²) < 4.78 is 73.4. The first-order chi connectivity index (χ1) is 13.5. The fourth-order valence-corrected chi connectivity index (χ4v) is 3.97. The highest BCUT2D eigenvalue weighted by Crippen LogP contribution is 2.48. The molecule has 1 unspecified atom stereocenters. The first-order valence-electron chi connectivity index (χ1n) is 7.85. The van der Waals surface area contributed by atoms with E-state index in [1.54, 1.807) is 6.07 Å². The number of carbonyl (C=O) groups excluding carboxylic acids is 1. The number of rotatable bonds is 4. The molecule has 1 aliphatic rings. The second-order valence-electron chi connectivity index (χ2n) is 5.99. The number of nitrogens with zero attached hydrogens (tertiary/aromatic N) is 1. The van der Waals surface area contributed by atoms with Crippen LogP contribution in [0.25, 0.3) is 0 Å². The Morgan fingerprint density at radius 1 is 1.21 bits per heavy atom. The molecule has 1 atom stereocenters. The molecule has 0 bridgehead atoms. The summed E-state index contributed by atoms with van der Waals surface area (Å²) >= 11 is 5.80. The number of carbonyl (C=O) groups is 1. The zero-order chi connectivity index (χ0) is 21.4. The Morgan fingerprint density at radius 2 is 1.86 bits per heavy atom. The topological polar surface area (TPSA) is 108 Å². The van der Waals surface area contributed by atoms with Crippen molar-refractivity contribution in [1.82, 2.24) is 4.72 Å². The second kappa shape index (κ2) is 7.22. The maximum Gasteiger partial charge on any atom is 0.434 e. The van der Waals surface area contributed by atoms with Gasteiger partial charge in [0.2, 0.25) is 15.6 Å². The van der Waals surface area contributed by atoms with Crippen LogP contribution in [0, 0.1) is 11.3 Å². The molecule has 2 N–H and O–H groups in total. The predicted molar refractivity (Wildman–Crippen MR) is 95.6 cm³/mol. The first kappa shape index (κ1) is 20.9. The number of amides is 1. The van der Waals surface area contributed by atoms with E-state index in [9.17, 15) is 26.4 Å². The zero-order valence-corrected chi connectivity index (χ0v) is 15.8. The van der Waals surface area contributed by atoms with E-state index in [0.717, 1.165) is 24.3 Å². The van der Waals surface area contributed by atoms with E-state index in [1.165, 1.54) is 18.2 Å². The molecule has 152 valence electrons. The number of benzene rings is 2. The van der Waals surface area contributed by atoms with Gasteiger partial charge in [-0.05, 0) is 42.5 Å². The van der Waals surface area contributed by atoms with Gasteiger partial charge in [0.15, 0.2) is 0 Å². The Balaban J connectivity index is 2.02. The molecule has 0 radical (unpaired) electrons. The van der Waals surface area contributed by atoms with Crippen LogP contribution >= 0.6 is 11.6 Å². The highest BCUT2D eigenvalue weighted by atomic mass is 35.5. The van der Waals surface area contributed by atoms with Crippen LogP contribution in [0.15, 0.2) is 47.4 Å². The summed E-state index contributed by atoms with van der Waals surface area (Å²) in [6.45, 7) is -1.32. The van der Waals surface area contributed by atoms with Crippen LogP contribution in [-0.2, 0) is 20.4 Å². The standard InChI is InChI=1S/C17H11ClF3N3O4S/c18-11-3-6-14-13(7-11)16(17(19,20)21,28-15(25)24-14)9-23-29(26,27)12-4-1-10(8-22)2-5-12/h1-7,23H,9H2,(H,24,25). The van der Waals surface area contributed by atoms with E-state index in [2.05, 4.69) is 10.1 Å². The molecule has 0 aliphatic carbocycles. The number of hydrogen-bond donors (Lipinski definition) is 2. The van der Waals surface area contributed by atoms with Crippen molar-refractivity contribution in [3.63, 3.8) is 0 Å². The van der Waals surface area contributed by atoms with E-state index < -0.39 is 40.0 Å². The Bertz CT molecular complexity index is 1110. The van der Waals surface area contributed by atoms with E-state index in [1.807, 2.05) is 4.72 Å². The number of halogens is 4. The van der Waals surface area contributed by atoms with Crippen LogP contribution in [0.1, 0.15) is 11.1 Å². The molecule has 1 amide bonds. The zero-order valence-electron chi connectivity index (χ0n) is 14.2. The van der Waals surface area contributed by atoms with Crippen LogP contribution in [0.3, 0.4) is 0 Å². The molecule has 1 aliphatic heterocycles. The fourth-order valence-electron chi connectivity index (χ4n) is 2.74. The minimum absolute atomic E-state index is 0.0629. The normalized spacial score (nSPS) is 18.9. The van der Waals surface area contributed by atoms with Gasteiger partial charge >= 0.3 is 12.3 Å². The number of ether oxygens (including phenoxy) is 1. The SMILES string of the molecule is N#Cc1ccc(S(=O)(=O)NCC2(C(F)(F)F)OC(=O)Nc3ccc(Cl)cc32)cc1. The number of cyclic esters (lactones) is 1. The van der Waals surface area contributed by atoms with Gasteiger partial charge < -0.3 is 4.74 Å². The van der Waals surface area contributed by atoms with E-state index in [0.29, 0.717) is 0 Å². The van der Waals surface area contributed by atoms with E-state index in [-0.39, 0.29) is 21.2 Å². The van der Waals surface area contributed by atoms with Crippen LogP contribution in [0.2, 0.25) is 5.02 Å². The monoisotopic (exact) mass is 445 g/mol. The number of nitriles is 1. The van der Waals surface area contributed by atoms with Gasteiger partial charge in [-0.2, -0.15) is 18.4 Å². The molecule has 29 heavy (non-hydrogen) atoms. The number of hydrogen-bond acceptors (Lipinski definition) is 5. The van der Waals surface area contributed by atoms with Gasteiger partial charge in [0.25, 0.3) is 0 Å². The smallest absolute Gasteiger partial charge is 0.426 e. The Hall–Kier alpha value is -2.81.